The maximum atomic E-state index is 12.9. The molecule has 0 amide bonds. The van der Waals surface area contributed by atoms with Crippen molar-refractivity contribution in [3.8, 4) is 11.4 Å². The highest BCUT2D eigenvalue weighted by Crippen LogP contribution is 2.32. The van der Waals surface area contributed by atoms with E-state index in [0.717, 1.165) is 49.6 Å². The molecule has 0 saturated heterocycles. The Labute approximate surface area is 144 Å². The van der Waals surface area contributed by atoms with Crippen LogP contribution in [0.3, 0.4) is 0 Å². The molecule has 0 bridgehead atoms. The summed E-state index contributed by atoms with van der Waals surface area (Å²) in [6.07, 6.45) is 6.49. The molecule has 5 rings (SSSR count). The number of rotatable bonds is 1. The Morgan fingerprint density at radius 1 is 0.958 bits per heavy atom. The molecule has 5 heteroatoms. The summed E-state index contributed by atoms with van der Waals surface area (Å²) in [4.78, 5) is 15.8. The lowest BCUT2D eigenvalue weighted by atomic mass is 10.0. The van der Waals surface area contributed by atoms with E-state index >= 15 is 0 Å². The van der Waals surface area contributed by atoms with E-state index < -0.39 is 0 Å². The van der Waals surface area contributed by atoms with E-state index in [0.29, 0.717) is 10.8 Å². The van der Waals surface area contributed by atoms with E-state index in [-0.39, 0.29) is 5.56 Å². The number of hydrogen-bond donors (Lipinski definition) is 1. The summed E-state index contributed by atoms with van der Waals surface area (Å²) in [5.41, 5.74) is 6.90. The molecule has 0 unspecified atom stereocenters. The van der Waals surface area contributed by atoms with Crippen molar-refractivity contribution >= 4 is 17.1 Å². The number of halogens is 1. The lowest BCUT2D eigenvalue weighted by Crippen LogP contribution is -2.40. The van der Waals surface area contributed by atoms with E-state index in [9.17, 15) is 4.79 Å². The molecule has 0 radical (unpaired) electrons. The Morgan fingerprint density at radius 3 is 2.50 bits per heavy atom. The second-order valence-electron chi connectivity index (χ2n) is 6.66. The molecule has 4 nitrogen and oxygen atoms in total. The highest BCUT2D eigenvalue weighted by Gasteiger charge is 2.34. The summed E-state index contributed by atoms with van der Waals surface area (Å²) < 4.78 is 1.93. The Hall–Kier alpha value is -2.20. The molecule has 120 valence electrons. The molecule has 2 aliphatic carbocycles. The van der Waals surface area contributed by atoms with E-state index in [1.165, 1.54) is 22.4 Å². The normalized spacial score (nSPS) is 15.7. The molecule has 0 spiro atoms. The second-order valence-corrected chi connectivity index (χ2v) is 7.10. The SMILES string of the molecule is O=c1[nH]c(-c2ccc(Cl)cc2)n[n+]2c3c(c4c(c12)CCC4)CCC3. The van der Waals surface area contributed by atoms with Crippen molar-refractivity contribution in [3.63, 3.8) is 0 Å². The van der Waals surface area contributed by atoms with Crippen molar-refractivity contribution in [2.75, 3.05) is 0 Å². The molecule has 24 heavy (non-hydrogen) atoms. The predicted octanol–water partition coefficient (Wildman–Crippen LogP) is 2.81. The molecule has 2 aromatic heterocycles. The van der Waals surface area contributed by atoms with Crippen LogP contribution in [0.15, 0.2) is 29.1 Å². The summed E-state index contributed by atoms with van der Waals surface area (Å²) in [7, 11) is 0. The summed E-state index contributed by atoms with van der Waals surface area (Å²) in [6.45, 7) is 0. The van der Waals surface area contributed by atoms with Crippen molar-refractivity contribution < 1.29 is 4.52 Å². The van der Waals surface area contributed by atoms with E-state index in [1.807, 2.05) is 28.8 Å². The molecule has 0 aliphatic heterocycles. The van der Waals surface area contributed by atoms with Crippen molar-refractivity contribution in [1.82, 2.24) is 10.1 Å². The van der Waals surface area contributed by atoms with Gasteiger partial charge in [0.05, 0.1) is 0 Å². The van der Waals surface area contributed by atoms with E-state index in [1.54, 1.807) is 0 Å². The third-order valence-electron chi connectivity index (χ3n) is 5.29. The fourth-order valence-electron chi connectivity index (χ4n) is 4.26. The van der Waals surface area contributed by atoms with Gasteiger partial charge in [-0.05, 0) is 66.4 Å². The summed E-state index contributed by atoms with van der Waals surface area (Å²) >= 11 is 5.97. The smallest absolute Gasteiger partial charge is 0.296 e. The summed E-state index contributed by atoms with van der Waals surface area (Å²) in [5.74, 6) is 0.598. The summed E-state index contributed by atoms with van der Waals surface area (Å²) in [6, 6.07) is 7.42. The van der Waals surface area contributed by atoms with Crippen LogP contribution in [0.4, 0.5) is 0 Å². The van der Waals surface area contributed by atoms with Crippen LogP contribution in [0.1, 0.15) is 35.2 Å². The molecule has 1 aromatic carbocycles. The average Bonchev–Trinajstić information content (AvgIpc) is 3.24. The number of nitrogens with zero attached hydrogens (tertiary/aromatic N) is 2. The zero-order valence-corrected chi connectivity index (χ0v) is 14.0. The standard InChI is InChI=1S/C19H16ClN3O/c20-12-9-7-11(8-10-12)18-21-19(24)17-15-5-1-3-13(15)14-4-2-6-16(14)23(17)22-18/h7-10H,1-6H2/p+1. The Morgan fingerprint density at radius 2 is 1.67 bits per heavy atom. The molecule has 0 fully saturated rings. The number of H-pyrrole nitrogens is 1. The van der Waals surface area contributed by atoms with Gasteiger partial charge in [-0.3, -0.25) is 9.78 Å². The Balaban J connectivity index is 1.84. The van der Waals surface area contributed by atoms with E-state index in [2.05, 4.69) is 4.98 Å². The predicted molar refractivity (Wildman–Crippen MR) is 92.5 cm³/mol. The molecule has 1 N–H and O–H groups in total. The molecule has 2 aliphatic rings. The van der Waals surface area contributed by atoms with Gasteiger partial charge in [0.1, 0.15) is 0 Å². The van der Waals surface area contributed by atoms with Gasteiger partial charge in [-0.15, -0.1) is 0 Å². The fourth-order valence-corrected chi connectivity index (χ4v) is 4.39. The minimum Gasteiger partial charge on any atom is -0.296 e. The van der Waals surface area contributed by atoms with Gasteiger partial charge in [0.15, 0.2) is 0 Å². The number of nitrogens with one attached hydrogen (secondary N) is 1. The monoisotopic (exact) mass is 338 g/mol. The Bertz CT molecular complexity index is 1040. The average molecular weight is 339 g/mol. The van der Waals surface area contributed by atoms with Crippen LogP contribution in [-0.4, -0.2) is 10.1 Å². The fraction of sp³-hybridized carbons (Fsp3) is 0.316. The molecule has 2 heterocycles. The third-order valence-corrected chi connectivity index (χ3v) is 5.54. The number of benzene rings is 1. The number of aromatic amines is 1. The molecular formula is C19H17ClN3O+. The third kappa shape index (κ3) is 1.96. The van der Waals surface area contributed by atoms with Gasteiger partial charge in [-0.2, -0.15) is 0 Å². The van der Waals surface area contributed by atoms with Gasteiger partial charge in [0.25, 0.3) is 0 Å². The first-order valence-corrected chi connectivity index (χ1v) is 8.88. The van der Waals surface area contributed by atoms with Crippen LogP contribution in [0.25, 0.3) is 16.9 Å². The minimum atomic E-state index is -0.0391. The maximum Gasteiger partial charge on any atom is 0.325 e. The molecule has 0 saturated carbocycles. The number of aromatic nitrogens is 3. The number of fused-ring (bicyclic) bond motifs is 6. The zero-order chi connectivity index (χ0) is 16.3. The van der Waals surface area contributed by atoms with Gasteiger partial charge < -0.3 is 0 Å². The first-order valence-electron chi connectivity index (χ1n) is 8.50. The minimum absolute atomic E-state index is 0.0391. The van der Waals surface area contributed by atoms with Gasteiger partial charge in [-0.25, -0.2) is 0 Å². The highest BCUT2D eigenvalue weighted by atomic mass is 35.5. The number of aryl methyl sites for hydroxylation is 2. The molecule has 0 atom stereocenters. The van der Waals surface area contributed by atoms with Crippen LogP contribution in [0, 0.1) is 0 Å². The van der Waals surface area contributed by atoms with Gasteiger partial charge >= 0.3 is 11.1 Å². The second kappa shape index (κ2) is 5.15. The lowest BCUT2D eigenvalue weighted by molar-refractivity contribution is -0.589. The molecular weight excluding hydrogens is 322 g/mol. The Kier molecular flexibility index (Phi) is 3.04. The topological polar surface area (TPSA) is 49.9 Å². The van der Waals surface area contributed by atoms with Gasteiger partial charge in [0.2, 0.25) is 11.5 Å². The van der Waals surface area contributed by atoms with Crippen molar-refractivity contribution in [2.45, 2.75) is 38.5 Å². The first kappa shape index (κ1) is 14.2. The largest absolute Gasteiger partial charge is 0.325 e. The van der Waals surface area contributed by atoms with Crippen LogP contribution in [0.5, 0.6) is 0 Å². The van der Waals surface area contributed by atoms with Crippen molar-refractivity contribution in [3.05, 3.63) is 62.0 Å². The highest BCUT2D eigenvalue weighted by molar-refractivity contribution is 6.30. The maximum absolute atomic E-state index is 12.9. The van der Waals surface area contributed by atoms with Crippen LogP contribution >= 0.6 is 11.6 Å². The van der Waals surface area contributed by atoms with Crippen molar-refractivity contribution in [2.24, 2.45) is 0 Å². The van der Waals surface area contributed by atoms with Crippen LogP contribution in [-0.2, 0) is 25.7 Å². The molecule has 3 aromatic rings. The van der Waals surface area contributed by atoms with Crippen molar-refractivity contribution in [1.29, 1.82) is 0 Å². The summed E-state index contributed by atoms with van der Waals surface area (Å²) in [5, 5.41) is 5.48. The lowest BCUT2D eigenvalue weighted by Gasteiger charge is -2.06. The quantitative estimate of drug-likeness (QED) is 0.694. The van der Waals surface area contributed by atoms with Gasteiger partial charge in [-0.1, -0.05) is 11.6 Å². The number of hydrogen-bond acceptors (Lipinski definition) is 2. The number of pyridine rings is 1. The first-order chi connectivity index (χ1) is 11.7. The van der Waals surface area contributed by atoms with Crippen LogP contribution < -0.4 is 10.1 Å². The van der Waals surface area contributed by atoms with Crippen LogP contribution in [0.2, 0.25) is 5.02 Å². The van der Waals surface area contributed by atoms with E-state index in [4.69, 9.17) is 16.7 Å². The zero-order valence-electron chi connectivity index (χ0n) is 13.2. The van der Waals surface area contributed by atoms with Gasteiger partial charge in [0, 0.05) is 33.2 Å².